The normalized spacial score (nSPS) is 15.4. The maximum Gasteiger partial charge on any atom is 0.222 e. The van der Waals surface area contributed by atoms with Gasteiger partial charge in [-0.3, -0.25) is 4.79 Å². The average molecular weight is 245 g/mol. The third kappa shape index (κ3) is 6.11. The highest BCUT2D eigenvalue weighted by Crippen LogP contribution is 2.07. The van der Waals surface area contributed by atoms with E-state index in [1.165, 1.54) is 0 Å². The van der Waals surface area contributed by atoms with E-state index in [4.69, 9.17) is 15.7 Å². The Hall–Kier alpha value is -1.30. The van der Waals surface area contributed by atoms with Crippen LogP contribution in [0.3, 0.4) is 0 Å². The lowest BCUT2D eigenvalue weighted by Gasteiger charge is -2.22. The largest absolute Gasteiger partial charge is 0.409 e. The van der Waals surface area contributed by atoms with Crippen molar-refractivity contribution in [2.24, 2.45) is 22.7 Å². The van der Waals surface area contributed by atoms with Gasteiger partial charge in [0.25, 0.3) is 0 Å². The summed E-state index contributed by atoms with van der Waals surface area (Å²) in [6.45, 7) is 4.77. The molecule has 17 heavy (non-hydrogen) atoms. The van der Waals surface area contributed by atoms with E-state index in [9.17, 15) is 4.79 Å². The molecule has 2 unspecified atom stereocenters. The summed E-state index contributed by atoms with van der Waals surface area (Å²) >= 11 is 0. The van der Waals surface area contributed by atoms with E-state index in [2.05, 4.69) is 5.16 Å². The molecular formula is C11H23N3O3. The van der Waals surface area contributed by atoms with Crippen molar-refractivity contribution in [1.82, 2.24) is 4.90 Å². The monoisotopic (exact) mass is 245 g/mol. The molecule has 0 saturated carbocycles. The van der Waals surface area contributed by atoms with Crippen LogP contribution in [-0.2, 0) is 9.53 Å². The summed E-state index contributed by atoms with van der Waals surface area (Å²) in [5, 5.41) is 11.4. The van der Waals surface area contributed by atoms with Crippen LogP contribution in [0.25, 0.3) is 0 Å². The molecule has 0 spiro atoms. The fourth-order valence-corrected chi connectivity index (χ4v) is 1.50. The number of oxime groups is 1. The highest BCUT2D eigenvalue weighted by Gasteiger charge is 2.17. The number of hydrogen-bond donors (Lipinski definition) is 2. The van der Waals surface area contributed by atoms with E-state index >= 15 is 0 Å². The number of carbonyl (C=O) groups excluding carboxylic acids is 1. The smallest absolute Gasteiger partial charge is 0.222 e. The first-order valence-corrected chi connectivity index (χ1v) is 5.62. The average Bonchev–Trinajstić information content (AvgIpc) is 2.27. The SMILES string of the molecule is COCC(C)CC(=O)N(C)CC(C)C(N)=NO. The van der Waals surface area contributed by atoms with Gasteiger partial charge in [-0.1, -0.05) is 19.0 Å². The lowest BCUT2D eigenvalue weighted by Crippen LogP contribution is -2.37. The Morgan fingerprint density at radius 2 is 2.12 bits per heavy atom. The second kappa shape index (κ2) is 7.89. The highest BCUT2D eigenvalue weighted by atomic mass is 16.5. The van der Waals surface area contributed by atoms with E-state index in [1.807, 2.05) is 6.92 Å². The van der Waals surface area contributed by atoms with Gasteiger partial charge in [0.2, 0.25) is 5.91 Å². The lowest BCUT2D eigenvalue weighted by atomic mass is 10.1. The molecule has 0 aliphatic carbocycles. The molecule has 0 rings (SSSR count). The van der Waals surface area contributed by atoms with Gasteiger partial charge in [-0.25, -0.2) is 0 Å². The zero-order valence-corrected chi connectivity index (χ0v) is 11.0. The summed E-state index contributed by atoms with van der Waals surface area (Å²) in [5.41, 5.74) is 5.46. The Bertz CT molecular complexity index is 269. The summed E-state index contributed by atoms with van der Waals surface area (Å²) in [4.78, 5) is 13.4. The number of nitrogens with two attached hydrogens (primary N) is 1. The van der Waals surface area contributed by atoms with Crippen LogP contribution in [0.5, 0.6) is 0 Å². The van der Waals surface area contributed by atoms with E-state index in [0.29, 0.717) is 19.6 Å². The Balaban J connectivity index is 4.14. The second-order valence-corrected chi connectivity index (χ2v) is 4.46. The molecule has 0 fully saturated rings. The van der Waals surface area contributed by atoms with Crippen LogP contribution < -0.4 is 5.73 Å². The number of carbonyl (C=O) groups is 1. The van der Waals surface area contributed by atoms with E-state index < -0.39 is 0 Å². The third-order valence-electron chi connectivity index (χ3n) is 2.57. The number of amides is 1. The summed E-state index contributed by atoms with van der Waals surface area (Å²) in [6.07, 6.45) is 0.438. The topological polar surface area (TPSA) is 88.2 Å². The Kier molecular flexibility index (Phi) is 7.29. The van der Waals surface area contributed by atoms with Crippen LogP contribution in [0.2, 0.25) is 0 Å². The first-order chi connectivity index (χ1) is 7.92. The van der Waals surface area contributed by atoms with Crippen molar-refractivity contribution in [3.8, 4) is 0 Å². The third-order valence-corrected chi connectivity index (χ3v) is 2.57. The van der Waals surface area contributed by atoms with Crippen LogP contribution >= 0.6 is 0 Å². The summed E-state index contributed by atoms with van der Waals surface area (Å²) in [6, 6.07) is 0. The minimum atomic E-state index is -0.160. The maximum atomic E-state index is 11.8. The quantitative estimate of drug-likeness (QED) is 0.296. The molecule has 0 aliphatic rings. The lowest BCUT2D eigenvalue weighted by molar-refractivity contribution is -0.131. The standard InChI is InChI=1S/C11H23N3O3/c1-8(7-17-4)5-10(15)14(3)6-9(2)11(12)13-16/h8-9,16H,5-7H2,1-4H3,(H2,12,13). The van der Waals surface area contributed by atoms with Gasteiger partial charge in [-0.05, 0) is 5.92 Å². The Morgan fingerprint density at radius 3 is 2.59 bits per heavy atom. The second-order valence-electron chi connectivity index (χ2n) is 4.46. The molecule has 0 bridgehead atoms. The Labute approximate surface area is 102 Å². The molecule has 0 aromatic heterocycles. The van der Waals surface area contributed by atoms with Gasteiger partial charge < -0.3 is 20.6 Å². The molecule has 0 heterocycles. The van der Waals surface area contributed by atoms with Crippen molar-refractivity contribution in [1.29, 1.82) is 0 Å². The van der Waals surface area contributed by atoms with Crippen LogP contribution in [0.4, 0.5) is 0 Å². The van der Waals surface area contributed by atoms with Gasteiger partial charge in [0.05, 0.1) is 0 Å². The molecule has 6 nitrogen and oxygen atoms in total. The van der Waals surface area contributed by atoms with Gasteiger partial charge in [-0.15, -0.1) is 0 Å². The summed E-state index contributed by atoms with van der Waals surface area (Å²) < 4.78 is 4.98. The number of nitrogens with zero attached hydrogens (tertiary/aromatic N) is 2. The van der Waals surface area contributed by atoms with Gasteiger partial charge >= 0.3 is 0 Å². The van der Waals surface area contributed by atoms with Crippen molar-refractivity contribution in [2.75, 3.05) is 27.3 Å². The van der Waals surface area contributed by atoms with Crippen molar-refractivity contribution >= 4 is 11.7 Å². The van der Waals surface area contributed by atoms with Crippen LogP contribution in [-0.4, -0.2) is 49.2 Å². The molecule has 0 radical (unpaired) electrons. The van der Waals surface area contributed by atoms with E-state index in [1.54, 1.807) is 26.0 Å². The number of rotatable bonds is 7. The zero-order valence-electron chi connectivity index (χ0n) is 11.0. The molecule has 2 atom stereocenters. The van der Waals surface area contributed by atoms with Crippen molar-refractivity contribution < 1.29 is 14.7 Å². The predicted octanol–water partition coefficient (Wildman–Crippen LogP) is 0.500. The number of amidine groups is 1. The van der Waals surface area contributed by atoms with Gasteiger partial charge in [0, 0.05) is 39.6 Å². The minimum Gasteiger partial charge on any atom is -0.409 e. The molecule has 6 heteroatoms. The number of ether oxygens (including phenoxy) is 1. The Morgan fingerprint density at radius 1 is 1.53 bits per heavy atom. The fourth-order valence-electron chi connectivity index (χ4n) is 1.50. The minimum absolute atomic E-state index is 0.0344. The molecule has 1 amide bonds. The van der Waals surface area contributed by atoms with Crippen LogP contribution in [0.1, 0.15) is 20.3 Å². The highest BCUT2D eigenvalue weighted by molar-refractivity contribution is 5.83. The van der Waals surface area contributed by atoms with Crippen LogP contribution in [0, 0.1) is 11.8 Å². The van der Waals surface area contributed by atoms with Crippen molar-refractivity contribution in [3.63, 3.8) is 0 Å². The number of hydrogen-bond acceptors (Lipinski definition) is 4. The first kappa shape index (κ1) is 15.7. The fraction of sp³-hybridized carbons (Fsp3) is 0.818. The van der Waals surface area contributed by atoms with Crippen molar-refractivity contribution in [2.45, 2.75) is 20.3 Å². The molecule has 0 aliphatic heterocycles. The molecule has 0 aromatic carbocycles. The van der Waals surface area contributed by atoms with E-state index in [-0.39, 0.29) is 23.6 Å². The molecule has 3 N–H and O–H groups in total. The zero-order chi connectivity index (χ0) is 13.4. The summed E-state index contributed by atoms with van der Waals surface area (Å²) in [7, 11) is 3.33. The van der Waals surface area contributed by atoms with Gasteiger partial charge in [0.15, 0.2) is 0 Å². The van der Waals surface area contributed by atoms with Gasteiger partial charge in [-0.2, -0.15) is 0 Å². The maximum absolute atomic E-state index is 11.8. The molecular weight excluding hydrogens is 222 g/mol. The summed E-state index contributed by atoms with van der Waals surface area (Å²) in [5.74, 6) is 0.197. The van der Waals surface area contributed by atoms with Crippen molar-refractivity contribution in [3.05, 3.63) is 0 Å². The predicted molar refractivity (Wildman–Crippen MR) is 65.9 cm³/mol. The molecule has 0 saturated heterocycles. The first-order valence-electron chi connectivity index (χ1n) is 5.62. The molecule has 0 aromatic rings. The van der Waals surface area contributed by atoms with Crippen LogP contribution in [0.15, 0.2) is 5.16 Å². The number of methoxy groups -OCH3 is 1. The molecule has 100 valence electrons. The van der Waals surface area contributed by atoms with E-state index in [0.717, 1.165) is 0 Å². The van der Waals surface area contributed by atoms with Gasteiger partial charge in [0.1, 0.15) is 5.84 Å².